The lowest BCUT2D eigenvalue weighted by Crippen LogP contribution is -2.39. The average Bonchev–Trinajstić information content (AvgIpc) is 3.77. The summed E-state index contributed by atoms with van der Waals surface area (Å²) in [6.07, 6.45) is 10.6. The summed E-state index contributed by atoms with van der Waals surface area (Å²) in [6.45, 7) is 4.77. The fraction of sp³-hybridized carbons (Fsp3) is 0.469. The molecule has 2 heterocycles. The predicted molar refractivity (Wildman–Crippen MR) is 160 cm³/mol. The van der Waals surface area contributed by atoms with Crippen molar-refractivity contribution in [2.45, 2.75) is 76.9 Å². The number of benzene rings is 1. The van der Waals surface area contributed by atoms with Gasteiger partial charge in [-0.2, -0.15) is 0 Å². The second-order valence-electron chi connectivity index (χ2n) is 10.8. The molecule has 0 saturated heterocycles. The largest absolute Gasteiger partial charge is 0.496 e. The summed E-state index contributed by atoms with van der Waals surface area (Å²) in [4.78, 5) is 15.5. The smallest absolute Gasteiger partial charge is 0.153 e. The number of halogens is 2. The molecule has 1 N–H and O–H groups in total. The van der Waals surface area contributed by atoms with E-state index in [2.05, 4.69) is 35.8 Å². The number of aliphatic hydroxyl groups is 1. The minimum atomic E-state index is -0.257. The number of pyridine rings is 1. The van der Waals surface area contributed by atoms with Crippen molar-refractivity contribution in [2.24, 2.45) is 5.41 Å². The van der Waals surface area contributed by atoms with Crippen molar-refractivity contribution in [3.05, 3.63) is 63.1 Å². The fourth-order valence-corrected chi connectivity index (χ4v) is 5.84. The fourth-order valence-electron chi connectivity index (χ4n) is 5.30. The van der Waals surface area contributed by atoms with Crippen LogP contribution < -0.4 is 4.74 Å². The van der Waals surface area contributed by atoms with Gasteiger partial charge in [0.2, 0.25) is 0 Å². The first-order valence-electron chi connectivity index (χ1n) is 13.8. The standard InChI is InChI=1S/C31H32Cl2N2O4.CH4O/c1-4-31(13-11-30(2,12-14-31)10-9-20-5-8-26(37-3)22(15-20)18-36)38-19-23-28(35-39-29(23)21-6-7-21)27-24(32)16-34-17-25(27)33;1-2/h5,8,15-18,21H,4,6-7,11-14,19H2,1-3H3;2H,1H3. The van der Waals surface area contributed by atoms with Crippen LogP contribution in [0.5, 0.6) is 5.75 Å². The van der Waals surface area contributed by atoms with E-state index < -0.39 is 0 Å². The molecule has 0 amide bonds. The maximum Gasteiger partial charge on any atom is 0.153 e. The topological polar surface area (TPSA) is 94.7 Å². The van der Waals surface area contributed by atoms with Crippen LogP contribution >= 0.6 is 23.2 Å². The van der Waals surface area contributed by atoms with E-state index >= 15 is 0 Å². The van der Waals surface area contributed by atoms with Gasteiger partial charge >= 0.3 is 0 Å². The van der Waals surface area contributed by atoms with E-state index in [1.165, 1.54) is 0 Å². The molecule has 0 spiro atoms. The maximum absolute atomic E-state index is 11.4. The lowest BCUT2D eigenvalue weighted by molar-refractivity contribution is -0.0952. The number of aldehydes is 1. The summed E-state index contributed by atoms with van der Waals surface area (Å²) in [5, 5.41) is 12.3. The second kappa shape index (κ2) is 13.4. The van der Waals surface area contributed by atoms with Crippen LogP contribution in [0.2, 0.25) is 10.0 Å². The van der Waals surface area contributed by atoms with E-state index in [9.17, 15) is 4.79 Å². The van der Waals surface area contributed by atoms with Crippen LogP contribution in [-0.4, -0.2) is 41.4 Å². The first-order chi connectivity index (χ1) is 19.8. The van der Waals surface area contributed by atoms with Gasteiger partial charge in [0.15, 0.2) is 6.29 Å². The van der Waals surface area contributed by atoms with Gasteiger partial charge in [0.25, 0.3) is 0 Å². The van der Waals surface area contributed by atoms with E-state index in [0.29, 0.717) is 45.1 Å². The Balaban J connectivity index is 0.00000189. The number of nitrogens with zero attached hydrogens (tertiary/aromatic N) is 2. The zero-order valence-electron chi connectivity index (χ0n) is 23.9. The Kier molecular flexibility index (Phi) is 10.1. The molecule has 0 bridgehead atoms. The second-order valence-corrected chi connectivity index (χ2v) is 11.7. The van der Waals surface area contributed by atoms with Crippen molar-refractivity contribution in [3.63, 3.8) is 0 Å². The Bertz CT molecular complexity index is 1410. The van der Waals surface area contributed by atoms with Gasteiger partial charge in [-0.3, -0.25) is 9.78 Å². The number of ether oxygens (including phenoxy) is 2. The van der Waals surface area contributed by atoms with E-state index in [4.69, 9.17) is 42.3 Å². The molecule has 2 aromatic heterocycles. The molecule has 2 fully saturated rings. The van der Waals surface area contributed by atoms with E-state index in [1.807, 2.05) is 6.07 Å². The molecule has 5 rings (SSSR count). The molecule has 7 nitrogen and oxygen atoms in total. The summed E-state index contributed by atoms with van der Waals surface area (Å²) in [6, 6.07) is 5.45. The van der Waals surface area contributed by atoms with Crippen molar-refractivity contribution < 1.29 is 23.9 Å². The van der Waals surface area contributed by atoms with Gasteiger partial charge in [-0.1, -0.05) is 47.1 Å². The van der Waals surface area contributed by atoms with Crippen LogP contribution in [0.1, 0.15) is 92.0 Å². The molecule has 0 unspecified atom stereocenters. The molecule has 0 radical (unpaired) electrons. The van der Waals surface area contributed by atoms with E-state index in [1.54, 1.807) is 31.6 Å². The maximum atomic E-state index is 11.4. The summed E-state index contributed by atoms with van der Waals surface area (Å²) in [5.41, 5.74) is 3.13. The van der Waals surface area contributed by atoms with Crippen molar-refractivity contribution in [2.75, 3.05) is 14.2 Å². The molecule has 1 aromatic carbocycles. The molecule has 0 atom stereocenters. The average molecular weight is 600 g/mol. The Morgan fingerprint density at radius 1 is 1.15 bits per heavy atom. The van der Waals surface area contributed by atoms with E-state index in [-0.39, 0.29) is 11.0 Å². The SMILES string of the molecule is CCC1(OCc2c(-c3c(Cl)cncc3Cl)noc2C2CC2)CCC(C)(C#Cc2ccc(OC)c(C=O)c2)CC1.CO. The van der Waals surface area contributed by atoms with Gasteiger partial charge in [0.05, 0.1) is 34.9 Å². The van der Waals surface area contributed by atoms with Gasteiger partial charge in [-0.25, -0.2) is 0 Å². The molecule has 9 heteroatoms. The molecule has 3 aromatic rings. The normalized spacial score (nSPS) is 21.7. The predicted octanol–water partition coefficient (Wildman–Crippen LogP) is 7.65. The van der Waals surface area contributed by atoms with Crippen LogP contribution in [0.15, 0.2) is 35.1 Å². The van der Waals surface area contributed by atoms with Crippen LogP contribution in [0.3, 0.4) is 0 Å². The third kappa shape index (κ3) is 6.95. The number of hydrogen-bond donors (Lipinski definition) is 1. The minimum Gasteiger partial charge on any atom is -0.496 e. The Morgan fingerprint density at radius 3 is 2.41 bits per heavy atom. The van der Waals surface area contributed by atoms with Crippen LogP contribution in [0.25, 0.3) is 11.3 Å². The first kappa shape index (κ1) is 31.1. The number of carbonyl (C=O) groups excluding carboxylic acids is 1. The highest BCUT2D eigenvalue weighted by atomic mass is 35.5. The Hall–Kier alpha value is -2.89. The number of aromatic nitrogens is 2. The number of methoxy groups -OCH3 is 1. The number of carbonyl (C=O) groups is 1. The Labute approximate surface area is 251 Å². The van der Waals surface area contributed by atoms with Crippen LogP contribution in [-0.2, 0) is 11.3 Å². The summed E-state index contributed by atoms with van der Waals surface area (Å²) >= 11 is 13.0. The van der Waals surface area contributed by atoms with Crippen molar-refractivity contribution in [1.82, 2.24) is 10.1 Å². The summed E-state index contributed by atoms with van der Waals surface area (Å²) in [7, 11) is 2.55. The highest BCUT2D eigenvalue weighted by molar-refractivity contribution is 6.38. The lowest BCUT2D eigenvalue weighted by Gasteiger charge is -2.42. The van der Waals surface area contributed by atoms with Gasteiger partial charge in [0.1, 0.15) is 17.2 Å². The molecule has 2 saturated carbocycles. The molecule has 2 aliphatic carbocycles. The lowest BCUT2D eigenvalue weighted by atomic mass is 9.69. The quantitative estimate of drug-likeness (QED) is 0.210. The molecule has 2 aliphatic rings. The summed E-state index contributed by atoms with van der Waals surface area (Å²) in [5.74, 6) is 8.57. The van der Waals surface area contributed by atoms with Crippen molar-refractivity contribution >= 4 is 29.5 Å². The van der Waals surface area contributed by atoms with Crippen LogP contribution in [0.4, 0.5) is 0 Å². The minimum absolute atomic E-state index is 0.136. The third-order valence-corrected chi connectivity index (χ3v) is 8.73. The zero-order valence-corrected chi connectivity index (χ0v) is 25.4. The van der Waals surface area contributed by atoms with Gasteiger partial charge in [0, 0.05) is 47.5 Å². The molecule has 41 heavy (non-hydrogen) atoms. The molecular formula is C32H36Cl2N2O5. The third-order valence-electron chi connectivity index (χ3n) is 8.15. The Morgan fingerprint density at radius 2 is 1.83 bits per heavy atom. The van der Waals surface area contributed by atoms with Crippen molar-refractivity contribution in [3.8, 4) is 28.8 Å². The van der Waals surface area contributed by atoms with Gasteiger partial charge in [-0.15, -0.1) is 0 Å². The number of hydrogen-bond acceptors (Lipinski definition) is 7. The van der Waals surface area contributed by atoms with Crippen molar-refractivity contribution in [1.29, 1.82) is 0 Å². The van der Waals surface area contributed by atoms with Crippen LogP contribution in [0, 0.1) is 17.3 Å². The first-order valence-corrected chi connectivity index (χ1v) is 14.6. The number of aliphatic hydroxyl groups excluding tert-OH is 1. The highest BCUT2D eigenvalue weighted by Gasteiger charge is 2.41. The zero-order chi connectivity index (χ0) is 29.6. The number of rotatable bonds is 8. The van der Waals surface area contributed by atoms with E-state index in [0.717, 1.165) is 75.2 Å². The molecule has 0 aliphatic heterocycles. The highest BCUT2D eigenvalue weighted by Crippen LogP contribution is 2.48. The van der Waals surface area contributed by atoms with Gasteiger partial charge < -0.3 is 19.1 Å². The monoisotopic (exact) mass is 598 g/mol. The molecular weight excluding hydrogens is 563 g/mol. The van der Waals surface area contributed by atoms with Gasteiger partial charge in [-0.05, 0) is 70.1 Å². The summed E-state index contributed by atoms with van der Waals surface area (Å²) < 4.78 is 17.8. The molecule has 218 valence electrons.